The highest BCUT2D eigenvalue weighted by atomic mass is 32.1. The largest absolute Gasteiger partial charge is 0.366 e. The van der Waals surface area contributed by atoms with Crippen LogP contribution in [0.4, 0.5) is 10.7 Å². The standard InChI is InChI=1S/C20H24N4O3S/c1-13(18(26)23-20-16(17(21)25)9-11-28-20)24-10-5-6-14(12-24)19(27)22-15-7-3-2-4-8-15/h2-4,7-9,11,13-14H,5-6,10,12H2,1H3,(H2,21,25)(H,22,27)(H,23,26). The summed E-state index contributed by atoms with van der Waals surface area (Å²) >= 11 is 1.26. The first-order valence-electron chi connectivity index (χ1n) is 9.24. The highest BCUT2D eigenvalue weighted by Crippen LogP contribution is 2.25. The molecule has 1 aliphatic rings. The Bertz CT molecular complexity index is 852. The number of hydrogen-bond donors (Lipinski definition) is 3. The first-order chi connectivity index (χ1) is 13.5. The fraction of sp³-hybridized carbons (Fsp3) is 0.350. The van der Waals surface area contributed by atoms with Gasteiger partial charge in [0.15, 0.2) is 0 Å². The number of primary amides is 1. The number of nitrogens with two attached hydrogens (primary N) is 1. The summed E-state index contributed by atoms with van der Waals surface area (Å²) in [6, 6.07) is 10.5. The van der Waals surface area contributed by atoms with Crippen molar-refractivity contribution < 1.29 is 14.4 Å². The Morgan fingerprint density at radius 3 is 2.64 bits per heavy atom. The molecule has 0 saturated carbocycles. The van der Waals surface area contributed by atoms with Crippen LogP contribution in [-0.2, 0) is 9.59 Å². The van der Waals surface area contributed by atoms with Gasteiger partial charge < -0.3 is 16.4 Å². The number of benzene rings is 1. The van der Waals surface area contributed by atoms with Gasteiger partial charge in [0.25, 0.3) is 5.91 Å². The summed E-state index contributed by atoms with van der Waals surface area (Å²) in [6.45, 7) is 3.07. The smallest absolute Gasteiger partial charge is 0.251 e. The number of carbonyl (C=O) groups is 3. The summed E-state index contributed by atoms with van der Waals surface area (Å²) < 4.78 is 0. The van der Waals surface area contributed by atoms with Gasteiger partial charge in [-0.05, 0) is 49.9 Å². The van der Waals surface area contributed by atoms with E-state index >= 15 is 0 Å². The number of nitrogens with one attached hydrogen (secondary N) is 2. The maximum Gasteiger partial charge on any atom is 0.251 e. The molecule has 7 nitrogen and oxygen atoms in total. The third kappa shape index (κ3) is 4.76. The molecule has 2 unspecified atom stereocenters. The van der Waals surface area contributed by atoms with Crippen molar-refractivity contribution in [3.8, 4) is 0 Å². The molecular formula is C20H24N4O3S. The second kappa shape index (κ2) is 8.99. The van der Waals surface area contributed by atoms with E-state index in [9.17, 15) is 14.4 Å². The number of hydrogen-bond acceptors (Lipinski definition) is 5. The summed E-state index contributed by atoms with van der Waals surface area (Å²) in [5.41, 5.74) is 6.41. The second-order valence-corrected chi connectivity index (χ2v) is 7.80. The topological polar surface area (TPSA) is 105 Å². The zero-order valence-electron chi connectivity index (χ0n) is 15.7. The van der Waals surface area contributed by atoms with E-state index < -0.39 is 11.9 Å². The summed E-state index contributed by atoms with van der Waals surface area (Å²) in [5, 5.41) is 7.90. The lowest BCUT2D eigenvalue weighted by atomic mass is 9.95. The van der Waals surface area contributed by atoms with E-state index in [4.69, 9.17) is 5.73 Å². The third-order valence-corrected chi connectivity index (χ3v) is 5.79. The molecule has 2 heterocycles. The van der Waals surface area contributed by atoms with Crippen LogP contribution in [0, 0.1) is 5.92 Å². The van der Waals surface area contributed by atoms with Crippen LogP contribution in [0.3, 0.4) is 0 Å². The molecule has 2 aromatic rings. The van der Waals surface area contributed by atoms with E-state index in [1.165, 1.54) is 11.3 Å². The molecule has 2 atom stereocenters. The van der Waals surface area contributed by atoms with Crippen LogP contribution >= 0.6 is 11.3 Å². The Kier molecular flexibility index (Phi) is 6.43. The average molecular weight is 401 g/mol. The van der Waals surface area contributed by atoms with Crippen molar-refractivity contribution in [3.05, 3.63) is 47.3 Å². The van der Waals surface area contributed by atoms with Crippen LogP contribution < -0.4 is 16.4 Å². The van der Waals surface area contributed by atoms with E-state index in [2.05, 4.69) is 10.6 Å². The molecule has 4 N–H and O–H groups in total. The van der Waals surface area contributed by atoms with Gasteiger partial charge in [0, 0.05) is 12.2 Å². The molecule has 3 rings (SSSR count). The van der Waals surface area contributed by atoms with E-state index in [0.717, 1.165) is 25.1 Å². The van der Waals surface area contributed by atoms with E-state index in [0.29, 0.717) is 17.1 Å². The molecule has 0 radical (unpaired) electrons. The monoisotopic (exact) mass is 400 g/mol. The summed E-state index contributed by atoms with van der Waals surface area (Å²) in [6.07, 6.45) is 1.64. The molecule has 148 valence electrons. The van der Waals surface area contributed by atoms with Crippen molar-refractivity contribution in [3.63, 3.8) is 0 Å². The lowest BCUT2D eigenvalue weighted by Crippen LogP contribution is -2.49. The summed E-state index contributed by atoms with van der Waals surface area (Å²) in [7, 11) is 0. The molecule has 1 aromatic carbocycles. The maximum atomic E-state index is 12.7. The minimum Gasteiger partial charge on any atom is -0.366 e. The van der Waals surface area contributed by atoms with Crippen LogP contribution in [0.1, 0.15) is 30.1 Å². The molecule has 28 heavy (non-hydrogen) atoms. The number of anilines is 2. The van der Waals surface area contributed by atoms with Gasteiger partial charge in [-0.15, -0.1) is 11.3 Å². The Morgan fingerprint density at radius 2 is 1.93 bits per heavy atom. The van der Waals surface area contributed by atoms with Crippen LogP contribution in [0.5, 0.6) is 0 Å². The summed E-state index contributed by atoms with van der Waals surface area (Å²) in [4.78, 5) is 38.7. The Balaban J connectivity index is 1.59. The van der Waals surface area contributed by atoms with Crippen LogP contribution in [-0.4, -0.2) is 41.8 Å². The number of nitrogens with zero attached hydrogens (tertiary/aromatic N) is 1. The molecule has 1 fully saturated rings. The molecule has 0 aliphatic carbocycles. The number of para-hydroxylation sites is 1. The van der Waals surface area contributed by atoms with Gasteiger partial charge in [-0.25, -0.2) is 0 Å². The SMILES string of the molecule is CC(C(=O)Nc1sccc1C(N)=O)N1CCCC(C(=O)Nc2ccccc2)C1. The Hall–Kier alpha value is -2.71. The van der Waals surface area contributed by atoms with Gasteiger partial charge in [-0.2, -0.15) is 0 Å². The molecule has 8 heteroatoms. The first kappa shape index (κ1) is 20.0. The normalized spacial score (nSPS) is 18.2. The second-order valence-electron chi connectivity index (χ2n) is 6.88. The molecule has 0 spiro atoms. The first-order valence-corrected chi connectivity index (χ1v) is 10.1. The number of carbonyl (C=O) groups excluding carboxylic acids is 3. The fourth-order valence-electron chi connectivity index (χ4n) is 3.32. The molecule has 1 aliphatic heterocycles. The zero-order valence-corrected chi connectivity index (χ0v) is 16.5. The van der Waals surface area contributed by atoms with Gasteiger partial charge in [0.1, 0.15) is 5.00 Å². The molecular weight excluding hydrogens is 376 g/mol. The third-order valence-electron chi connectivity index (χ3n) is 4.96. The minimum atomic E-state index is -0.570. The highest BCUT2D eigenvalue weighted by Gasteiger charge is 2.31. The Morgan fingerprint density at radius 1 is 1.18 bits per heavy atom. The van der Waals surface area contributed by atoms with Crippen molar-refractivity contribution in [2.75, 3.05) is 23.7 Å². The van der Waals surface area contributed by atoms with E-state index in [-0.39, 0.29) is 17.7 Å². The van der Waals surface area contributed by atoms with Gasteiger partial charge in [-0.3, -0.25) is 19.3 Å². The van der Waals surface area contributed by atoms with Crippen molar-refractivity contribution >= 4 is 39.7 Å². The van der Waals surface area contributed by atoms with Crippen LogP contribution in [0.25, 0.3) is 0 Å². The zero-order chi connectivity index (χ0) is 20.1. The lowest BCUT2D eigenvalue weighted by Gasteiger charge is -2.35. The predicted octanol–water partition coefficient (Wildman–Crippen LogP) is 2.52. The fourth-order valence-corrected chi connectivity index (χ4v) is 4.12. The number of rotatable bonds is 6. The van der Waals surface area contributed by atoms with Gasteiger partial charge >= 0.3 is 0 Å². The molecule has 3 amide bonds. The van der Waals surface area contributed by atoms with Gasteiger partial charge in [-0.1, -0.05) is 18.2 Å². The Labute approximate surface area is 167 Å². The van der Waals surface area contributed by atoms with Gasteiger partial charge in [0.05, 0.1) is 17.5 Å². The highest BCUT2D eigenvalue weighted by molar-refractivity contribution is 7.14. The summed E-state index contributed by atoms with van der Waals surface area (Å²) in [5.74, 6) is -0.987. The quantitative estimate of drug-likeness (QED) is 0.693. The van der Waals surface area contributed by atoms with Crippen molar-refractivity contribution in [1.29, 1.82) is 0 Å². The lowest BCUT2D eigenvalue weighted by molar-refractivity contribution is -0.125. The van der Waals surface area contributed by atoms with Crippen LogP contribution in [0.2, 0.25) is 0 Å². The average Bonchev–Trinajstić information content (AvgIpc) is 3.16. The number of likely N-dealkylation sites (tertiary alicyclic amines) is 1. The molecule has 1 aromatic heterocycles. The minimum absolute atomic E-state index is 0.0298. The van der Waals surface area contributed by atoms with Gasteiger partial charge in [0.2, 0.25) is 11.8 Å². The van der Waals surface area contributed by atoms with Crippen molar-refractivity contribution in [1.82, 2.24) is 4.90 Å². The predicted molar refractivity (Wildman–Crippen MR) is 110 cm³/mol. The number of amides is 3. The van der Waals surface area contributed by atoms with E-state index in [1.807, 2.05) is 42.2 Å². The molecule has 1 saturated heterocycles. The van der Waals surface area contributed by atoms with Crippen molar-refractivity contribution in [2.45, 2.75) is 25.8 Å². The van der Waals surface area contributed by atoms with Crippen molar-refractivity contribution in [2.24, 2.45) is 11.7 Å². The number of piperidine rings is 1. The van der Waals surface area contributed by atoms with Crippen LogP contribution in [0.15, 0.2) is 41.8 Å². The molecule has 0 bridgehead atoms. The maximum absolute atomic E-state index is 12.7. The van der Waals surface area contributed by atoms with E-state index in [1.54, 1.807) is 11.4 Å². The number of thiophene rings is 1.